The van der Waals surface area contributed by atoms with Crippen molar-refractivity contribution in [1.82, 2.24) is 4.98 Å². The number of benzene rings is 2. The maximum absolute atomic E-state index is 15.3. The summed E-state index contributed by atoms with van der Waals surface area (Å²) in [6, 6.07) is 3.59. The minimum atomic E-state index is -5.41. The SMILES string of the molecule is [2H]C([2H])([2H])Oc1c(Oc2cc(Cl)c(C(F)F)c(F)c2C(=O)Nc2ccnc(C(C)=O)c2)ccc(OC(F)(F)F)c1F. The zero-order valence-electron chi connectivity index (χ0n) is 21.6. The molecule has 0 aliphatic carbocycles. The Balaban J connectivity index is 2.17. The third-order valence-corrected chi connectivity index (χ3v) is 4.93. The predicted octanol–water partition coefficient (Wildman–Crippen LogP) is 7.11. The van der Waals surface area contributed by atoms with E-state index < -0.39 is 82.3 Å². The maximum atomic E-state index is 15.3. The van der Waals surface area contributed by atoms with Gasteiger partial charge in [0.2, 0.25) is 11.6 Å². The minimum Gasteiger partial charge on any atom is -0.490 e. The van der Waals surface area contributed by atoms with E-state index in [0.717, 1.165) is 25.3 Å². The van der Waals surface area contributed by atoms with Gasteiger partial charge in [0.1, 0.15) is 22.8 Å². The molecule has 2 aromatic carbocycles. The summed E-state index contributed by atoms with van der Waals surface area (Å²) in [4.78, 5) is 28.4. The van der Waals surface area contributed by atoms with Crippen molar-refractivity contribution in [3.05, 3.63) is 70.0 Å². The molecule has 1 amide bonds. The largest absolute Gasteiger partial charge is 0.573 e. The molecule has 1 N–H and O–H groups in total. The van der Waals surface area contributed by atoms with Crippen LogP contribution in [0.15, 0.2) is 36.5 Å². The number of pyridine rings is 1. The van der Waals surface area contributed by atoms with Crippen LogP contribution in [-0.4, -0.2) is 30.1 Å². The molecule has 0 bridgehead atoms. The van der Waals surface area contributed by atoms with E-state index in [2.05, 4.69) is 19.8 Å². The third-order valence-electron chi connectivity index (χ3n) is 4.61. The van der Waals surface area contributed by atoms with Crippen LogP contribution in [-0.2, 0) is 0 Å². The van der Waals surface area contributed by atoms with Gasteiger partial charge in [0.15, 0.2) is 17.3 Å². The number of anilines is 1. The van der Waals surface area contributed by atoms with Crippen molar-refractivity contribution < 1.29 is 58.6 Å². The molecule has 0 spiro atoms. The number of nitrogens with zero attached hydrogens (tertiary/aromatic N) is 1. The van der Waals surface area contributed by atoms with Crippen LogP contribution in [0.3, 0.4) is 0 Å². The highest BCUT2D eigenvalue weighted by Crippen LogP contribution is 2.43. The van der Waals surface area contributed by atoms with Crippen LogP contribution >= 0.6 is 11.6 Å². The standard InChI is InChI=1S/C23H14ClF7N2O5/c1-9(34)12-7-10(5-6-32-12)33-22(35)17-15(8-11(24)16(19(17)26)21(27)28)37-14-4-3-13(38-23(29,30)31)18(25)20(14)36-2/h3-8,21H,1-2H3,(H,32,33,35)/i2D3. The fourth-order valence-electron chi connectivity index (χ4n) is 3.02. The molecule has 0 saturated carbocycles. The quantitative estimate of drug-likeness (QED) is 0.230. The number of carbonyl (C=O) groups is 2. The van der Waals surface area contributed by atoms with Gasteiger partial charge in [-0.25, -0.2) is 13.2 Å². The molecule has 7 nitrogen and oxygen atoms in total. The molecule has 3 rings (SSSR count). The summed E-state index contributed by atoms with van der Waals surface area (Å²) in [5.74, 6) is -11.0. The molecule has 0 saturated heterocycles. The number of Topliss-reactive ketones (excluding diaryl/α,β-unsaturated/α-hetero) is 1. The fourth-order valence-corrected chi connectivity index (χ4v) is 3.28. The highest BCUT2D eigenvalue weighted by molar-refractivity contribution is 6.31. The van der Waals surface area contributed by atoms with Crippen LogP contribution in [0.25, 0.3) is 0 Å². The number of amides is 1. The Morgan fingerprint density at radius 1 is 1.08 bits per heavy atom. The van der Waals surface area contributed by atoms with Gasteiger partial charge in [-0.05, 0) is 24.3 Å². The lowest BCUT2D eigenvalue weighted by molar-refractivity contribution is -0.275. The maximum Gasteiger partial charge on any atom is 0.573 e. The Hall–Kier alpha value is -4.07. The fraction of sp³-hybridized carbons (Fsp3) is 0.174. The molecule has 0 aliphatic heterocycles. The number of rotatable bonds is 8. The predicted molar refractivity (Wildman–Crippen MR) is 118 cm³/mol. The number of nitrogens with one attached hydrogen (secondary N) is 1. The molecule has 1 heterocycles. The second-order valence-corrected chi connectivity index (χ2v) is 7.56. The first kappa shape index (κ1) is 24.3. The van der Waals surface area contributed by atoms with Crippen molar-refractivity contribution in [3.63, 3.8) is 0 Å². The molecular weight excluding hydrogens is 553 g/mol. The van der Waals surface area contributed by atoms with E-state index in [0.29, 0.717) is 18.2 Å². The molecule has 0 atom stereocenters. The molecule has 0 unspecified atom stereocenters. The average molecular weight is 570 g/mol. The molecule has 1 aromatic heterocycles. The summed E-state index contributed by atoms with van der Waals surface area (Å²) in [7, 11) is -3.48. The molecule has 3 aromatic rings. The number of hydrogen-bond donors (Lipinski definition) is 1. The number of aromatic nitrogens is 1. The van der Waals surface area contributed by atoms with Gasteiger partial charge < -0.3 is 19.5 Å². The van der Waals surface area contributed by atoms with Crippen molar-refractivity contribution in [1.29, 1.82) is 0 Å². The van der Waals surface area contributed by atoms with Crippen LogP contribution in [0.5, 0.6) is 23.0 Å². The number of hydrogen-bond acceptors (Lipinski definition) is 6. The Kier molecular flexibility index (Phi) is 7.11. The van der Waals surface area contributed by atoms with Gasteiger partial charge in [-0.15, -0.1) is 13.2 Å². The summed E-state index contributed by atoms with van der Waals surface area (Å²) in [5, 5.41) is 1.14. The van der Waals surface area contributed by atoms with Gasteiger partial charge >= 0.3 is 6.36 Å². The van der Waals surface area contributed by atoms with Crippen LogP contribution in [0.1, 0.15) is 43.9 Å². The van der Waals surface area contributed by atoms with Crippen molar-refractivity contribution in [2.24, 2.45) is 0 Å². The Labute approximate surface area is 218 Å². The van der Waals surface area contributed by atoms with Gasteiger partial charge in [0, 0.05) is 24.9 Å². The summed E-state index contributed by atoms with van der Waals surface area (Å²) in [6.07, 6.45) is -7.87. The molecule has 202 valence electrons. The highest BCUT2D eigenvalue weighted by atomic mass is 35.5. The molecular formula is C23H14ClF7N2O5. The highest BCUT2D eigenvalue weighted by Gasteiger charge is 2.34. The summed E-state index contributed by atoms with van der Waals surface area (Å²) >= 11 is 5.75. The average Bonchev–Trinajstić information content (AvgIpc) is 2.81. The second-order valence-electron chi connectivity index (χ2n) is 7.16. The molecule has 15 heteroatoms. The van der Waals surface area contributed by atoms with E-state index in [9.17, 15) is 35.9 Å². The number of carbonyl (C=O) groups excluding carboxylic acids is 2. The van der Waals surface area contributed by atoms with Crippen LogP contribution < -0.4 is 19.5 Å². The first-order chi connectivity index (χ1) is 18.9. The molecule has 0 radical (unpaired) electrons. The van der Waals surface area contributed by atoms with E-state index in [4.69, 9.17) is 20.5 Å². The van der Waals surface area contributed by atoms with Gasteiger partial charge in [-0.3, -0.25) is 14.6 Å². The smallest absolute Gasteiger partial charge is 0.490 e. The van der Waals surface area contributed by atoms with Gasteiger partial charge in [-0.1, -0.05) is 11.6 Å². The lowest BCUT2D eigenvalue weighted by Crippen LogP contribution is -2.18. The first-order valence-corrected chi connectivity index (χ1v) is 10.3. The van der Waals surface area contributed by atoms with Crippen molar-refractivity contribution in [2.75, 3.05) is 12.4 Å². The number of ether oxygens (including phenoxy) is 3. The topological polar surface area (TPSA) is 86.8 Å². The van der Waals surface area contributed by atoms with E-state index in [1.807, 2.05) is 0 Å². The van der Waals surface area contributed by atoms with E-state index >= 15 is 4.39 Å². The van der Waals surface area contributed by atoms with Crippen LogP contribution in [0, 0.1) is 11.6 Å². The third kappa shape index (κ3) is 6.25. The second kappa shape index (κ2) is 11.1. The van der Waals surface area contributed by atoms with Gasteiger partial charge in [0.25, 0.3) is 12.3 Å². The lowest BCUT2D eigenvalue weighted by Gasteiger charge is -2.18. The van der Waals surface area contributed by atoms with Crippen LogP contribution in [0.2, 0.25) is 5.02 Å². The molecule has 38 heavy (non-hydrogen) atoms. The zero-order chi connectivity index (χ0) is 30.9. The van der Waals surface area contributed by atoms with Gasteiger partial charge in [0.05, 0.1) is 21.7 Å². The number of alkyl halides is 5. The molecule has 0 aliphatic rings. The van der Waals surface area contributed by atoms with Crippen LogP contribution in [0.4, 0.5) is 36.4 Å². The zero-order valence-corrected chi connectivity index (χ0v) is 19.3. The van der Waals surface area contributed by atoms with Crippen molar-refractivity contribution in [2.45, 2.75) is 19.7 Å². The number of halogens is 8. The Morgan fingerprint density at radius 3 is 2.37 bits per heavy atom. The Morgan fingerprint density at radius 2 is 1.76 bits per heavy atom. The van der Waals surface area contributed by atoms with Crippen molar-refractivity contribution in [3.8, 4) is 23.0 Å². The monoisotopic (exact) mass is 569 g/mol. The summed E-state index contributed by atoms with van der Waals surface area (Å²) in [5.41, 5.74) is -2.99. The van der Waals surface area contributed by atoms with Gasteiger partial charge in [-0.2, -0.15) is 4.39 Å². The first-order valence-electron chi connectivity index (χ1n) is 11.4. The molecule has 0 fully saturated rings. The minimum absolute atomic E-state index is 0.132. The number of methoxy groups -OCH3 is 1. The normalized spacial score (nSPS) is 12.8. The van der Waals surface area contributed by atoms with E-state index in [-0.39, 0.29) is 11.4 Å². The van der Waals surface area contributed by atoms with E-state index in [1.54, 1.807) is 0 Å². The Bertz CT molecular complexity index is 1500. The lowest BCUT2D eigenvalue weighted by atomic mass is 10.1. The number of ketones is 1. The van der Waals surface area contributed by atoms with Crippen molar-refractivity contribution >= 4 is 29.0 Å². The summed E-state index contributed by atoms with van der Waals surface area (Å²) < 4.78 is 130. The van der Waals surface area contributed by atoms with E-state index in [1.165, 1.54) is 0 Å². The summed E-state index contributed by atoms with van der Waals surface area (Å²) in [6.45, 7) is 1.15.